The molecule has 0 fully saturated rings. The maximum Gasteiger partial charge on any atom is 0.0159 e. The standard InChI is InChI=1S/C63H54/c1-44(62(54-20-11-6-12-21-54)55-36-34-51(35-37-55)50-32-30-49(31-33-50)48-18-9-5-10-19-48)47-26-28-53(29-27-47)57-39-41-59-58-40-38-56(42-60(58)63(2,3)61(59)43-57)52-24-22-46(23-25-52)17-13-16-45-14-7-4-8-15-45/h4-12,14-15,18-44,62H,13,16-17H2,1-3H3. The SMILES string of the molecule is CC(c1ccc(-c2ccc3c(c2)C(C)(C)c2cc(-c4ccc(CCCc5ccccc5)cc4)ccc2-3)cc1)C(c1ccccc1)c1ccc(-c2ccc(-c3ccccc3)cc2)cc1. The summed E-state index contributed by atoms with van der Waals surface area (Å²) in [5.74, 6) is 0.495. The second-order valence-corrected chi connectivity index (χ2v) is 18.0. The molecule has 0 heteroatoms. The highest BCUT2D eigenvalue weighted by atomic mass is 14.4. The number of hydrogen-bond acceptors (Lipinski definition) is 0. The minimum atomic E-state index is -0.105. The molecule has 0 spiro atoms. The fourth-order valence-corrected chi connectivity index (χ4v) is 10.1. The van der Waals surface area contributed by atoms with Gasteiger partial charge < -0.3 is 0 Å². The van der Waals surface area contributed by atoms with Crippen LogP contribution in [0.2, 0.25) is 0 Å². The third kappa shape index (κ3) is 8.22. The number of rotatable bonds is 12. The quantitative estimate of drug-likeness (QED) is 0.115. The van der Waals surface area contributed by atoms with Gasteiger partial charge >= 0.3 is 0 Å². The first kappa shape index (κ1) is 40.1. The summed E-state index contributed by atoms with van der Waals surface area (Å²) >= 11 is 0. The highest BCUT2D eigenvalue weighted by Crippen LogP contribution is 2.51. The van der Waals surface area contributed by atoms with Crippen LogP contribution in [0.15, 0.2) is 224 Å². The summed E-state index contributed by atoms with van der Waals surface area (Å²) in [6.07, 6.45) is 3.38. The molecule has 9 aromatic rings. The van der Waals surface area contributed by atoms with Gasteiger partial charge in [-0.15, -0.1) is 0 Å². The van der Waals surface area contributed by atoms with Gasteiger partial charge in [-0.2, -0.15) is 0 Å². The van der Waals surface area contributed by atoms with Crippen molar-refractivity contribution in [2.24, 2.45) is 0 Å². The highest BCUT2D eigenvalue weighted by molar-refractivity contribution is 5.86. The normalized spacial score (nSPS) is 13.5. The molecule has 0 aliphatic heterocycles. The van der Waals surface area contributed by atoms with E-state index in [9.17, 15) is 0 Å². The fourth-order valence-electron chi connectivity index (χ4n) is 10.1. The molecule has 2 unspecified atom stereocenters. The van der Waals surface area contributed by atoms with Crippen molar-refractivity contribution < 1.29 is 0 Å². The van der Waals surface area contributed by atoms with Gasteiger partial charge in [-0.3, -0.25) is 0 Å². The lowest BCUT2D eigenvalue weighted by Crippen LogP contribution is -2.15. The highest BCUT2D eigenvalue weighted by Gasteiger charge is 2.36. The number of fused-ring (bicyclic) bond motifs is 3. The van der Waals surface area contributed by atoms with Crippen LogP contribution in [0.4, 0.5) is 0 Å². The van der Waals surface area contributed by atoms with Crippen molar-refractivity contribution in [3.63, 3.8) is 0 Å². The Bertz CT molecular complexity index is 2940. The molecule has 0 saturated carbocycles. The van der Waals surface area contributed by atoms with Crippen molar-refractivity contribution in [3.8, 4) is 55.6 Å². The van der Waals surface area contributed by atoms with Crippen molar-refractivity contribution >= 4 is 0 Å². The third-order valence-corrected chi connectivity index (χ3v) is 13.8. The topological polar surface area (TPSA) is 0 Å². The lowest BCUT2D eigenvalue weighted by Gasteiger charge is -2.26. The second kappa shape index (κ2) is 17.4. The molecule has 0 radical (unpaired) electrons. The zero-order chi connectivity index (χ0) is 42.8. The van der Waals surface area contributed by atoms with Crippen LogP contribution < -0.4 is 0 Å². The molecule has 10 rings (SSSR count). The predicted molar refractivity (Wildman–Crippen MR) is 267 cm³/mol. The summed E-state index contributed by atoms with van der Waals surface area (Å²) in [6.45, 7) is 7.17. The lowest BCUT2D eigenvalue weighted by molar-refractivity contribution is 0.658. The van der Waals surface area contributed by atoms with Gasteiger partial charge in [-0.25, -0.2) is 0 Å². The Kier molecular flexibility index (Phi) is 11.1. The molecule has 0 N–H and O–H groups in total. The van der Waals surface area contributed by atoms with Crippen molar-refractivity contribution in [1.29, 1.82) is 0 Å². The summed E-state index contributed by atoms with van der Waals surface area (Å²) in [5.41, 5.74) is 22.3. The van der Waals surface area contributed by atoms with Crippen LogP contribution in [0.5, 0.6) is 0 Å². The van der Waals surface area contributed by atoms with E-state index in [0.29, 0.717) is 0 Å². The minimum Gasteiger partial charge on any atom is -0.0622 e. The Balaban J connectivity index is 0.854. The Morgan fingerprint density at radius 2 is 0.683 bits per heavy atom. The maximum absolute atomic E-state index is 2.45. The third-order valence-electron chi connectivity index (χ3n) is 13.8. The number of aryl methyl sites for hydroxylation is 2. The number of hydrogen-bond donors (Lipinski definition) is 0. The van der Waals surface area contributed by atoms with Gasteiger partial charge in [0.25, 0.3) is 0 Å². The van der Waals surface area contributed by atoms with E-state index in [0.717, 1.165) is 19.3 Å². The zero-order valence-corrected chi connectivity index (χ0v) is 36.6. The Hall–Kier alpha value is -7.02. The Labute approximate surface area is 374 Å². The van der Waals surface area contributed by atoms with E-state index in [2.05, 4.69) is 245 Å². The van der Waals surface area contributed by atoms with E-state index in [1.807, 2.05) is 0 Å². The Morgan fingerprint density at radius 1 is 0.333 bits per heavy atom. The monoisotopic (exact) mass is 810 g/mol. The molecule has 0 heterocycles. The van der Waals surface area contributed by atoms with Crippen molar-refractivity contribution in [3.05, 3.63) is 263 Å². The smallest absolute Gasteiger partial charge is 0.0159 e. The van der Waals surface area contributed by atoms with E-state index in [4.69, 9.17) is 0 Å². The molecule has 0 nitrogen and oxygen atoms in total. The van der Waals surface area contributed by atoms with Crippen LogP contribution in [-0.2, 0) is 18.3 Å². The minimum absolute atomic E-state index is 0.105. The molecule has 0 amide bonds. The van der Waals surface area contributed by atoms with Crippen molar-refractivity contribution in [1.82, 2.24) is 0 Å². The molecular weight excluding hydrogens is 757 g/mol. The molecule has 0 bridgehead atoms. The summed E-state index contributed by atoms with van der Waals surface area (Å²) in [7, 11) is 0. The van der Waals surface area contributed by atoms with Gasteiger partial charge in [0.1, 0.15) is 0 Å². The van der Waals surface area contributed by atoms with Gasteiger partial charge in [0.2, 0.25) is 0 Å². The van der Waals surface area contributed by atoms with E-state index >= 15 is 0 Å². The first-order chi connectivity index (χ1) is 30.9. The summed E-state index contributed by atoms with van der Waals surface area (Å²) in [5, 5.41) is 0. The van der Waals surface area contributed by atoms with E-state index in [-0.39, 0.29) is 17.3 Å². The van der Waals surface area contributed by atoms with Crippen LogP contribution in [0.1, 0.15) is 78.0 Å². The summed E-state index contributed by atoms with van der Waals surface area (Å²) in [6, 6.07) is 83.4. The first-order valence-corrected chi connectivity index (χ1v) is 22.7. The summed E-state index contributed by atoms with van der Waals surface area (Å²) < 4.78 is 0. The van der Waals surface area contributed by atoms with Gasteiger partial charge in [-0.05, 0) is 132 Å². The van der Waals surface area contributed by atoms with Crippen LogP contribution in [0, 0.1) is 0 Å². The second-order valence-electron chi connectivity index (χ2n) is 18.0. The average Bonchev–Trinajstić information content (AvgIpc) is 3.57. The molecule has 63 heavy (non-hydrogen) atoms. The van der Waals surface area contributed by atoms with E-state index in [1.165, 1.54) is 94.6 Å². The molecule has 9 aromatic carbocycles. The van der Waals surface area contributed by atoms with Gasteiger partial charge in [0, 0.05) is 11.3 Å². The van der Waals surface area contributed by atoms with Crippen molar-refractivity contribution in [2.75, 3.05) is 0 Å². The molecule has 306 valence electrons. The van der Waals surface area contributed by atoms with Crippen LogP contribution >= 0.6 is 0 Å². The molecule has 2 atom stereocenters. The van der Waals surface area contributed by atoms with Gasteiger partial charge in [-0.1, -0.05) is 233 Å². The molecule has 0 aromatic heterocycles. The van der Waals surface area contributed by atoms with Gasteiger partial charge in [0.15, 0.2) is 0 Å². The fraction of sp³-hybridized carbons (Fsp3) is 0.143. The Morgan fingerprint density at radius 3 is 1.19 bits per heavy atom. The van der Waals surface area contributed by atoms with Crippen molar-refractivity contribution in [2.45, 2.75) is 57.3 Å². The molecule has 1 aliphatic rings. The molecule has 1 aliphatic carbocycles. The maximum atomic E-state index is 2.45. The molecular formula is C63H54. The number of benzene rings is 9. The zero-order valence-electron chi connectivity index (χ0n) is 36.6. The lowest BCUT2D eigenvalue weighted by atomic mass is 9.77. The van der Waals surface area contributed by atoms with Crippen LogP contribution in [0.25, 0.3) is 55.6 Å². The predicted octanol–water partition coefficient (Wildman–Crippen LogP) is 16.8. The van der Waals surface area contributed by atoms with Gasteiger partial charge in [0.05, 0.1) is 0 Å². The average molecular weight is 811 g/mol. The van der Waals surface area contributed by atoms with Crippen LogP contribution in [-0.4, -0.2) is 0 Å². The first-order valence-electron chi connectivity index (χ1n) is 22.7. The van der Waals surface area contributed by atoms with Crippen LogP contribution in [0.3, 0.4) is 0 Å². The van der Waals surface area contributed by atoms with E-state index < -0.39 is 0 Å². The molecule has 0 saturated heterocycles. The van der Waals surface area contributed by atoms with E-state index in [1.54, 1.807) is 0 Å². The largest absolute Gasteiger partial charge is 0.0622 e. The summed E-state index contributed by atoms with van der Waals surface area (Å²) in [4.78, 5) is 0.